The molecule has 2 atom stereocenters. The summed E-state index contributed by atoms with van der Waals surface area (Å²) in [5.41, 5.74) is 2.65. The second kappa shape index (κ2) is 8.19. The van der Waals surface area contributed by atoms with E-state index in [1.165, 1.54) is 24.8 Å². The molecule has 0 radical (unpaired) electrons. The summed E-state index contributed by atoms with van der Waals surface area (Å²) in [7, 11) is 0. The van der Waals surface area contributed by atoms with E-state index in [9.17, 15) is 0 Å². The number of piperidine rings is 1. The van der Waals surface area contributed by atoms with E-state index in [1.807, 2.05) is 25.3 Å². The molecule has 1 saturated carbocycles. The SMILES string of the molecule is Cc1ccc(OCCN2CCC(N[C@@H]3C[C@H]3c3ccccc3)CC2)nc1. The van der Waals surface area contributed by atoms with Crippen LogP contribution >= 0.6 is 0 Å². The number of aromatic nitrogens is 1. The van der Waals surface area contributed by atoms with Crippen LogP contribution in [0.15, 0.2) is 48.7 Å². The van der Waals surface area contributed by atoms with Gasteiger partial charge in [-0.15, -0.1) is 0 Å². The lowest BCUT2D eigenvalue weighted by atomic mass is 10.0. The quantitative estimate of drug-likeness (QED) is 0.830. The van der Waals surface area contributed by atoms with E-state index in [4.69, 9.17) is 4.74 Å². The molecule has 4 heteroatoms. The molecule has 0 amide bonds. The molecule has 0 bridgehead atoms. The molecule has 1 aromatic carbocycles. The van der Waals surface area contributed by atoms with E-state index >= 15 is 0 Å². The van der Waals surface area contributed by atoms with Crippen LogP contribution in [0.2, 0.25) is 0 Å². The van der Waals surface area contributed by atoms with Crippen LogP contribution in [0.1, 0.15) is 36.3 Å². The summed E-state index contributed by atoms with van der Waals surface area (Å²) in [5, 5.41) is 3.88. The van der Waals surface area contributed by atoms with Crippen molar-refractivity contribution in [3.05, 3.63) is 59.8 Å². The standard InChI is InChI=1S/C22H29N3O/c1-17-7-8-22(23-16-17)26-14-13-25-11-9-19(10-12-25)24-21-15-20(21)18-5-3-2-4-6-18/h2-8,16,19-21,24H,9-15H2,1H3/t20-,21+/m0/s1. The van der Waals surface area contributed by atoms with Crippen molar-refractivity contribution in [1.82, 2.24) is 15.2 Å². The predicted octanol–water partition coefficient (Wildman–Crippen LogP) is 3.38. The van der Waals surface area contributed by atoms with Crippen LogP contribution in [-0.2, 0) is 0 Å². The first-order valence-corrected chi connectivity index (χ1v) is 9.87. The van der Waals surface area contributed by atoms with Crippen molar-refractivity contribution >= 4 is 0 Å². The predicted molar refractivity (Wildman–Crippen MR) is 105 cm³/mol. The summed E-state index contributed by atoms with van der Waals surface area (Å²) in [6, 6.07) is 16.3. The van der Waals surface area contributed by atoms with Crippen molar-refractivity contribution in [2.75, 3.05) is 26.2 Å². The fourth-order valence-electron chi connectivity index (χ4n) is 3.89. The molecule has 1 N–H and O–H groups in total. The Hall–Kier alpha value is -1.91. The van der Waals surface area contributed by atoms with Crippen LogP contribution in [0.25, 0.3) is 0 Å². The summed E-state index contributed by atoms with van der Waals surface area (Å²) in [6.45, 7) is 6.06. The molecule has 26 heavy (non-hydrogen) atoms. The molecule has 4 rings (SSSR count). The number of aryl methyl sites for hydroxylation is 1. The zero-order chi connectivity index (χ0) is 17.8. The maximum absolute atomic E-state index is 5.76. The van der Waals surface area contributed by atoms with E-state index in [-0.39, 0.29) is 0 Å². The molecule has 1 aromatic heterocycles. The minimum absolute atomic E-state index is 0.671. The van der Waals surface area contributed by atoms with Gasteiger partial charge in [-0.05, 0) is 50.4 Å². The maximum atomic E-state index is 5.76. The highest BCUT2D eigenvalue weighted by molar-refractivity contribution is 5.27. The Morgan fingerprint density at radius 2 is 1.92 bits per heavy atom. The van der Waals surface area contributed by atoms with Gasteiger partial charge in [0.15, 0.2) is 0 Å². The molecular weight excluding hydrogens is 322 g/mol. The zero-order valence-electron chi connectivity index (χ0n) is 15.6. The summed E-state index contributed by atoms with van der Waals surface area (Å²) in [6.07, 6.45) is 5.62. The van der Waals surface area contributed by atoms with Crippen molar-refractivity contribution in [2.24, 2.45) is 0 Å². The van der Waals surface area contributed by atoms with Gasteiger partial charge in [-0.1, -0.05) is 36.4 Å². The summed E-state index contributed by atoms with van der Waals surface area (Å²) in [5.74, 6) is 1.46. The maximum Gasteiger partial charge on any atom is 0.213 e. The average Bonchev–Trinajstić information content (AvgIpc) is 3.45. The van der Waals surface area contributed by atoms with E-state index in [2.05, 4.69) is 45.5 Å². The summed E-state index contributed by atoms with van der Waals surface area (Å²) < 4.78 is 5.76. The van der Waals surface area contributed by atoms with Crippen molar-refractivity contribution in [3.63, 3.8) is 0 Å². The van der Waals surface area contributed by atoms with Gasteiger partial charge in [0.2, 0.25) is 5.88 Å². The van der Waals surface area contributed by atoms with Gasteiger partial charge in [0, 0.05) is 36.8 Å². The number of pyridine rings is 1. The molecule has 2 heterocycles. The zero-order valence-corrected chi connectivity index (χ0v) is 15.6. The highest BCUT2D eigenvalue weighted by Crippen LogP contribution is 2.41. The molecule has 0 spiro atoms. The monoisotopic (exact) mass is 351 g/mol. The topological polar surface area (TPSA) is 37.4 Å². The van der Waals surface area contributed by atoms with Gasteiger partial charge in [-0.25, -0.2) is 4.98 Å². The number of rotatable bonds is 7. The molecule has 138 valence electrons. The first-order valence-electron chi connectivity index (χ1n) is 9.87. The minimum atomic E-state index is 0.671. The van der Waals surface area contributed by atoms with Crippen LogP contribution in [0.5, 0.6) is 5.88 Å². The fourth-order valence-corrected chi connectivity index (χ4v) is 3.89. The summed E-state index contributed by atoms with van der Waals surface area (Å²) in [4.78, 5) is 6.80. The third kappa shape index (κ3) is 4.63. The molecular formula is C22H29N3O. The highest BCUT2D eigenvalue weighted by Gasteiger charge is 2.39. The lowest BCUT2D eigenvalue weighted by Crippen LogP contribution is -2.44. The van der Waals surface area contributed by atoms with Gasteiger partial charge in [-0.3, -0.25) is 4.90 Å². The van der Waals surface area contributed by atoms with Crippen molar-refractivity contribution in [1.29, 1.82) is 0 Å². The Bertz CT molecular complexity index is 680. The highest BCUT2D eigenvalue weighted by atomic mass is 16.5. The Morgan fingerprint density at radius 3 is 2.65 bits per heavy atom. The molecule has 1 aliphatic carbocycles. The molecule has 0 unspecified atom stereocenters. The molecule has 1 aliphatic heterocycles. The van der Waals surface area contributed by atoms with Crippen LogP contribution in [0.3, 0.4) is 0 Å². The normalized spacial score (nSPS) is 23.7. The van der Waals surface area contributed by atoms with Gasteiger partial charge in [0.1, 0.15) is 6.61 Å². The number of likely N-dealkylation sites (tertiary alicyclic amines) is 1. The van der Waals surface area contributed by atoms with E-state index in [0.717, 1.165) is 37.0 Å². The van der Waals surface area contributed by atoms with Crippen molar-refractivity contribution in [2.45, 2.75) is 44.2 Å². The smallest absolute Gasteiger partial charge is 0.213 e. The Balaban J connectivity index is 1.13. The average molecular weight is 351 g/mol. The largest absolute Gasteiger partial charge is 0.476 e. The number of nitrogens with zero attached hydrogens (tertiary/aromatic N) is 2. The Morgan fingerprint density at radius 1 is 1.12 bits per heavy atom. The molecule has 2 aliphatic rings. The van der Waals surface area contributed by atoms with Crippen LogP contribution in [0.4, 0.5) is 0 Å². The number of benzene rings is 1. The van der Waals surface area contributed by atoms with Crippen LogP contribution in [0, 0.1) is 6.92 Å². The van der Waals surface area contributed by atoms with Gasteiger partial charge < -0.3 is 10.1 Å². The number of nitrogens with one attached hydrogen (secondary N) is 1. The van der Waals surface area contributed by atoms with Gasteiger partial charge in [-0.2, -0.15) is 0 Å². The molecule has 4 nitrogen and oxygen atoms in total. The van der Waals surface area contributed by atoms with E-state index in [1.54, 1.807) is 0 Å². The van der Waals surface area contributed by atoms with Gasteiger partial charge in [0.05, 0.1) is 0 Å². The third-order valence-electron chi connectivity index (χ3n) is 5.60. The van der Waals surface area contributed by atoms with Gasteiger partial charge in [0.25, 0.3) is 0 Å². The number of hydrogen-bond donors (Lipinski definition) is 1. The lowest BCUT2D eigenvalue weighted by molar-refractivity contribution is 0.162. The first-order chi connectivity index (χ1) is 12.8. The third-order valence-corrected chi connectivity index (χ3v) is 5.60. The fraction of sp³-hybridized carbons (Fsp3) is 0.500. The van der Waals surface area contributed by atoms with Crippen molar-refractivity contribution in [3.8, 4) is 5.88 Å². The van der Waals surface area contributed by atoms with Crippen LogP contribution < -0.4 is 10.1 Å². The van der Waals surface area contributed by atoms with E-state index < -0.39 is 0 Å². The molecule has 1 saturated heterocycles. The molecule has 2 fully saturated rings. The Kier molecular flexibility index (Phi) is 5.51. The second-order valence-corrected chi connectivity index (χ2v) is 7.66. The Labute approximate surface area is 156 Å². The minimum Gasteiger partial charge on any atom is -0.476 e. The van der Waals surface area contributed by atoms with E-state index in [0.29, 0.717) is 18.7 Å². The van der Waals surface area contributed by atoms with Crippen LogP contribution in [-0.4, -0.2) is 48.2 Å². The first kappa shape index (κ1) is 17.5. The molecule has 2 aromatic rings. The lowest BCUT2D eigenvalue weighted by Gasteiger charge is -2.32. The van der Waals surface area contributed by atoms with Crippen molar-refractivity contribution < 1.29 is 4.74 Å². The van der Waals surface area contributed by atoms with Gasteiger partial charge >= 0.3 is 0 Å². The second-order valence-electron chi connectivity index (χ2n) is 7.66. The number of ether oxygens (including phenoxy) is 1. The number of hydrogen-bond acceptors (Lipinski definition) is 4. The summed E-state index contributed by atoms with van der Waals surface area (Å²) >= 11 is 0.